The summed E-state index contributed by atoms with van der Waals surface area (Å²) in [5.74, 6) is 3.98. The molecule has 2 aliphatic rings. The van der Waals surface area contributed by atoms with Crippen LogP contribution in [0.2, 0.25) is 0 Å². The molecule has 0 saturated carbocycles. The number of ether oxygens (including phenoxy) is 2. The van der Waals surface area contributed by atoms with Crippen LogP contribution in [-0.2, 0) is 41.4 Å². The van der Waals surface area contributed by atoms with Crippen molar-refractivity contribution < 1.29 is 46.9 Å². The van der Waals surface area contributed by atoms with Gasteiger partial charge in [-0.1, -0.05) is 56.9 Å². The Bertz CT molecular complexity index is 2630. The van der Waals surface area contributed by atoms with Crippen LogP contribution in [0.25, 0.3) is 10.4 Å². The molecule has 358 valence electrons. The number of amides is 4. The summed E-state index contributed by atoms with van der Waals surface area (Å²) in [6.07, 6.45) is -5.19. The van der Waals surface area contributed by atoms with E-state index in [1.54, 1.807) is 80.6 Å². The number of nitriles is 1. The van der Waals surface area contributed by atoms with E-state index in [0.717, 1.165) is 38.7 Å². The topological polar surface area (TPSA) is 177 Å². The number of thiocarbonyl (C=S) groups is 1. The molecule has 0 unspecified atom stereocenters. The number of anilines is 2. The number of aryl methyl sites for hydroxylation is 1. The summed E-state index contributed by atoms with van der Waals surface area (Å²) in [7, 11) is 0. The van der Waals surface area contributed by atoms with Gasteiger partial charge in [-0.3, -0.25) is 24.1 Å². The highest BCUT2D eigenvalue weighted by Crippen LogP contribution is 2.40. The SMILES string of the molecule is Cc1ncsc1-c1ccc(CNC(=O)[C@@H]2C[C@@H](O)CN2C(=O)[C@@H](NC(=O)COCCCOCC#Cc2ccc(N3C(=S)N(c4ccc(C#N)c(C(F)(F)F)c4)C(=O)C3(C)C)cc2)C(C)(C)C)cc1. The average molecular weight is 972 g/mol. The Morgan fingerprint density at radius 3 is 2.34 bits per heavy atom. The number of β-amino-alcohol motifs (C(OH)–C–C–N with tert-alkyl or cyclic N) is 1. The van der Waals surface area contributed by atoms with Crippen molar-refractivity contribution in [2.45, 2.75) is 90.8 Å². The molecule has 2 saturated heterocycles. The molecule has 3 N–H and O–H groups in total. The van der Waals surface area contributed by atoms with Crippen molar-refractivity contribution in [3.05, 3.63) is 100 Å². The van der Waals surface area contributed by atoms with Crippen molar-refractivity contribution in [3.8, 4) is 28.4 Å². The highest BCUT2D eigenvalue weighted by Gasteiger charge is 2.51. The minimum Gasteiger partial charge on any atom is -0.391 e. The predicted molar refractivity (Wildman–Crippen MR) is 254 cm³/mol. The van der Waals surface area contributed by atoms with Crippen LogP contribution < -0.4 is 20.4 Å². The summed E-state index contributed by atoms with van der Waals surface area (Å²) in [5.41, 5.74) is 1.99. The molecule has 6 rings (SSSR count). The first kappa shape index (κ1) is 51.2. The summed E-state index contributed by atoms with van der Waals surface area (Å²) >= 11 is 7.17. The zero-order chi connectivity index (χ0) is 49.6. The third kappa shape index (κ3) is 11.9. The minimum absolute atomic E-state index is 0.0217. The van der Waals surface area contributed by atoms with E-state index in [1.165, 1.54) is 17.0 Å². The molecule has 68 heavy (non-hydrogen) atoms. The normalized spacial score (nSPS) is 17.4. The first-order valence-electron chi connectivity index (χ1n) is 21.7. The molecule has 3 atom stereocenters. The maximum Gasteiger partial charge on any atom is 0.417 e. The van der Waals surface area contributed by atoms with Crippen molar-refractivity contribution in [2.75, 3.05) is 42.8 Å². The van der Waals surface area contributed by atoms with Gasteiger partial charge in [-0.25, -0.2) is 4.98 Å². The molecule has 0 bridgehead atoms. The van der Waals surface area contributed by atoms with Gasteiger partial charge in [0.05, 0.1) is 51.7 Å². The van der Waals surface area contributed by atoms with E-state index >= 15 is 0 Å². The number of alkyl halides is 3. The lowest BCUT2D eigenvalue weighted by atomic mass is 9.85. The fraction of sp³-hybridized carbons (Fsp3) is 0.408. The monoisotopic (exact) mass is 971 g/mol. The smallest absolute Gasteiger partial charge is 0.391 e. The summed E-state index contributed by atoms with van der Waals surface area (Å²) in [4.78, 5) is 63.2. The summed E-state index contributed by atoms with van der Waals surface area (Å²) < 4.78 is 52.3. The van der Waals surface area contributed by atoms with Crippen molar-refractivity contribution in [1.29, 1.82) is 5.26 Å². The Hall–Kier alpha value is -6.22. The van der Waals surface area contributed by atoms with Crippen molar-refractivity contribution in [2.24, 2.45) is 5.41 Å². The highest BCUT2D eigenvalue weighted by molar-refractivity contribution is 7.81. The molecule has 19 heteroatoms. The Balaban J connectivity index is 0.926. The number of thiazole rings is 1. The number of aromatic nitrogens is 1. The molecule has 1 aromatic heterocycles. The van der Waals surface area contributed by atoms with E-state index in [0.29, 0.717) is 17.7 Å². The number of hydrogen-bond donors (Lipinski definition) is 3. The van der Waals surface area contributed by atoms with E-state index < -0.39 is 70.1 Å². The second-order valence-electron chi connectivity index (χ2n) is 17.9. The van der Waals surface area contributed by atoms with Gasteiger partial charge in [0.25, 0.3) is 5.91 Å². The van der Waals surface area contributed by atoms with Crippen LogP contribution in [-0.4, -0.2) is 100 Å². The zero-order valence-corrected chi connectivity index (χ0v) is 40.0. The number of likely N-dealkylation sites (tertiary alicyclic amines) is 1. The third-order valence-corrected chi connectivity index (χ3v) is 12.8. The van der Waals surface area contributed by atoms with Gasteiger partial charge >= 0.3 is 6.18 Å². The Morgan fingerprint density at radius 2 is 1.71 bits per heavy atom. The van der Waals surface area contributed by atoms with Gasteiger partial charge < -0.3 is 35.0 Å². The molecule has 3 heterocycles. The number of nitrogens with one attached hydrogen (secondary N) is 2. The van der Waals surface area contributed by atoms with Crippen molar-refractivity contribution in [3.63, 3.8) is 0 Å². The second kappa shape index (κ2) is 21.4. The molecule has 4 aromatic rings. The Labute approximate surface area is 402 Å². The molecule has 0 aliphatic carbocycles. The van der Waals surface area contributed by atoms with Crippen LogP contribution in [0.5, 0.6) is 0 Å². The molecule has 2 fully saturated rings. The lowest BCUT2D eigenvalue weighted by molar-refractivity contribution is -0.144. The fourth-order valence-corrected chi connectivity index (χ4v) is 9.16. The Morgan fingerprint density at radius 1 is 1.03 bits per heavy atom. The largest absolute Gasteiger partial charge is 0.417 e. The number of nitrogens with zero attached hydrogens (tertiary/aromatic N) is 5. The van der Waals surface area contributed by atoms with Crippen molar-refractivity contribution >= 4 is 63.7 Å². The minimum atomic E-state index is -4.81. The number of halogens is 3. The number of benzene rings is 3. The van der Waals surface area contributed by atoms with Gasteiger partial charge in [-0.15, -0.1) is 11.3 Å². The number of aliphatic hydroxyl groups is 1. The number of carbonyl (C=O) groups is 4. The standard InChI is InChI=1S/C49H52F3N7O7S2/c1-30-41(68-29-55-30)33-14-10-32(11-15-33)26-54-43(62)39-24-37(60)27-57(39)44(63)42(47(2,3)4)56-40(61)28-66-22-8-21-65-20-7-9-31-12-17-35(18-13-31)59-46(67)58(45(64)48(59,5)6)36-19-16-34(25-53)38(23-36)49(50,51)52/h10-19,23,29,37,39,42,60H,8,20-22,24,26-28H2,1-6H3,(H,54,62)(H,56,61)/t37-,39+,42-/m1/s1. The Kier molecular flexibility index (Phi) is 16.1. The zero-order valence-electron chi connectivity index (χ0n) is 38.4. The lowest BCUT2D eigenvalue weighted by Crippen LogP contribution is -2.58. The van der Waals surface area contributed by atoms with Crippen LogP contribution in [0.3, 0.4) is 0 Å². The van der Waals surface area contributed by atoms with Gasteiger partial charge in [0, 0.05) is 37.4 Å². The van der Waals surface area contributed by atoms with E-state index in [-0.39, 0.29) is 56.7 Å². The van der Waals surface area contributed by atoms with E-state index in [9.17, 15) is 42.7 Å². The first-order chi connectivity index (χ1) is 32.1. The van der Waals surface area contributed by atoms with Crippen LogP contribution in [0.4, 0.5) is 24.5 Å². The molecule has 0 spiro atoms. The summed E-state index contributed by atoms with van der Waals surface area (Å²) in [5, 5.41) is 25.4. The maximum atomic E-state index is 13.9. The van der Waals surface area contributed by atoms with E-state index in [2.05, 4.69) is 27.5 Å². The van der Waals surface area contributed by atoms with Gasteiger partial charge in [0.15, 0.2) is 5.11 Å². The summed E-state index contributed by atoms with van der Waals surface area (Å²) in [6, 6.07) is 17.3. The molecule has 2 aliphatic heterocycles. The van der Waals surface area contributed by atoms with Gasteiger partial charge in [0.1, 0.15) is 30.8 Å². The van der Waals surface area contributed by atoms with E-state index in [4.69, 9.17) is 21.7 Å². The predicted octanol–water partition coefficient (Wildman–Crippen LogP) is 6.51. The number of hydrogen-bond acceptors (Lipinski definition) is 11. The van der Waals surface area contributed by atoms with Gasteiger partial charge in [-0.05, 0) is 98.4 Å². The number of carbonyl (C=O) groups excluding carboxylic acids is 4. The van der Waals surface area contributed by atoms with Crippen LogP contribution >= 0.6 is 23.6 Å². The maximum absolute atomic E-state index is 13.9. The highest BCUT2D eigenvalue weighted by atomic mass is 32.1. The molecular formula is C49H52F3N7O7S2. The van der Waals surface area contributed by atoms with Crippen LogP contribution in [0.1, 0.15) is 75.4 Å². The first-order valence-corrected chi connectivity index (χ1v) is 23.0. The molecular weight excluding hydrogens is 920 g/mol. The molecule has 3 aromatic carbocycles. The third-order valence-electron chi connectivity index (χ3n) is 11.4. The quantitative estimate of drug-likeness (QED) is 0.0673. The fourth-order valence-electron chi connectivity index (χ4n) is 7.83. The number of aliphatic hydroxyl groups excluding tert-OH is 1. The lowest BCUT2D eigenvalue weighted by Gasteiger charge is -2.35. The van der Waals surface area contributed by atoms with Crippen LogP contribution in [0, 0.1) is 35.5 Å². The van der Waals surface area contributed by atoms with Gasteiger partial charge in [0.2, 0.25) is 17.7 Å². The average Bonchev–Trinajstić information content (AvgIpc) is 3.95. The van der Waals surface area contributed by atoms with Crippen molar-refractivity contribution in [1.82, 2.24) is 20.5 Å². The van der Waals surface area contributed by atoms with E-state index in [1.807, 2.05) is 31.2 Å². The molecule has 0 radical (unpaired) electrons. The molecule has 14 nitrogen and oxygen atoms in total. The van der Waals surface area contributed by atoms with Crippen LogP contribution in [0.15, 0.2) is 72.2 Å². The summed E-state index contributed by atoms with van der Waals surface area (Å²) in [6.45, 7) is 11.0. The molecule has 4 amide bonds. The second-order valence-corrected chi connectivity index (χ2v) is 19.1. The van der Waals surface area contributed by atoms with Gasteiger partial charge in [-0.2, -0.15) is 18.4 Å². The number of rotatable bonds is 15.